The van der Waals surface area contributed by atoms with Gasteiger partial charge in [-0.3, -0.25) is 4.90 Å². The predicted molar refractivity (Wildman–Crippen MR) is 77.3 cm³/mol. The van der Waals surface area contributed by atoms with Gasteiger partial charge in [0, 0.05) is 25.2 Å². The van der Waals surface area contributed by atoms with Crippen molar-refractivity contribution in [1.82, 2.24) is 4.90 Å². The molecule has 110 valence electrons. The third kappa shape index (κ3) is 2.58. The Morgan fingerprint density at radius 3 is 3.05 bits per heavy atom. The molecule has 3 unspecified atom stereocenters. The Labute approximate surface area is 123 Å². The van der Waals surface area contributed by atoms with Crippen molar-refractivity contribution in [2.45, 2.75) is 37.5 Å². The molecule has 5 heteroatoms. The third-order valence-electron chi connectivity index (χ3n) is 4.48. The Bertz CT molecular complexity index is 485. The standard InChI is InChI=1S/C15H20ClFN2O/c16-11-8-10(4-5-12(11)17)14(9-18)19-6-7-20-15-3-1-2-13(15)19/h4-5,8,13-15H,1-3,6-7,9,18H2. The van der Waals surface area contributed by atoms with Gasteiger partial charge in [0.2, 0.25) is 0 Å². The zero-order valence-electron chi connectivity index (χ0n) is 11.4. The summed E-state index contributed by atoms with van der Waals surface area (Å²) in [6, 6.07) is 5.43. The molecular weight excluding hydrogens is 279 g/mol. The smallest absolute Gasteiger partial charge is 0.141 e. The molecule has 0 radical (unpaired) electrons. The number of benzene rings is 1. The largest absolute Gasteiger partial charge is 0.375 e. The maximum absolute atomic E-state index is 13.3. The fourth-order valence-electron chi connectivity index (χ4n) is 3.53. The first-order chi connectivity index (χ1) is 9.70. The maximum atomic E-state index is 13.3. The first-order valence-corrected chi connectivity index (χ1v) is 7.61. The molecule has 1 heterocycles. The van der Waals surface area contributed by atoms with Crippen molar-refractivity contribution in [2.75, 3.05) is 19.7 Å². The molecule has 3 nitrogen and oxygen atoms in total. The van der Waals surface area contributed by atoms with Gasteiger partial charge in [0.15, 0.2) is 0 Å². The molecule has 1 aliphatic heterocycles. The highest BCUT2D eigenvalue weighted by atomic mass is 35.5. The van der Waals surface area contributed by atoms with E-state index >= 15 is 0 Å². The van der Waals surface area contributed by atoms with E-state index in [2.05, 4.69) is 4.90 Å². The minimum Gasteiger partial charge on any atom is -0.375 e. The summed E-state index contributed by atoms with van der Waals surface area (Å²) in [4.78, 5) is 2.42. The number of hydrogen-bond donors (Lipinski definition) is 1. The highest BCUT2D eigenvalue weighted by molar-refractivity contribution is 6.30. The molecule has 0 amide bonds. The van der Waals surface area contributed by atoms with Crippen LogP contribution in [0.25, 0.3) is 0 Å². The molecule has 1 aromatic carbocycles. The van der Waals surface area contributed by atoms with Crippen LogP contribution in [-0.2, 0) is 4.74 Å². The summed E-state index contributed by atoms with van der Waals surface area (Å²) in [5, 5.41) is 0.164. The summed E-state index contributed by atoms with van der Waals surface area (Å²) in [6.45, 7) is 2.12. The van der Waals surface area contributed by atoms with Gasteiger partial charge >= 0.3 is 0 Å². The average Bonchev–Trinajstić information content (AvgIpc) is 2.93. The van der Waals surface area contributed by atoms with Crippen LogP contribution in [0.15, 0.2) is 18.2 Å². The number of fused-ring (bicyclic) bond motifs is 1. The van der Waals surface area contributed by atoms with E-state index in [0.29, 0.717) is 18.7 Å². The summed E-state index contributed by atoms with van der Waals surface area (Å²) in [7, 11) is 0. The summed E-state index contributed by atoms with van der Waals surface area (Å²) >= 11 is 5.91. The lowest BCUT2D eigenvalue weighted by molar-refractivity contribution is -0.0711. The minimum atomic E-state index is -0.382. The Morgan fingerprint density at radius 1 is 1.45 bits per heavy atom. The Morgan fingerprint density at radius 2 is 2.30 bits per heavy atom. The van der Waals surface area contributed by atoms with Crippen LogP contribution >= 0.6 is 11.6 Å². The summed E-state index contributed by atoms with van der Waals surface area (Å²) in [5.74, 6) is -0.382. The van der Waals surface area contributed by atoms with E-state index in [1.165, 1.54) is 12.5 Å². The van der Waals surface area contributed by atoms with Crippen LogP contribution in [0.2, 0.25) is 5.02 Å². The summed E-state index contributed by atoms with van der Waals surface area (Å²) < 4.78 is 19.2. The van der Waals surface area contributed by atoms with Gasteiger partial charge in [-0.05, 0) is 37.0 Å². The highest BCUT2D eigenvalue weighted by Crippen LogP contribution is 2.35. The van der Waals surface area contributed by atoms with Crippen LogP contribution in [-0.4, -0.2) is 36.7 Å². The van der Waals surface area contributed by atoms with Gasteiger partial charge < -0.3 is 10.5 Å². The molecule has 20 heavy (non-hydrogen) atoms. The molecular formula is C15H20ClFN2O. The quantitative estimate of drug-likeness (QED) is 0.932. The molecule has 1 saturated heterocycles. The van der Waals surface area contributed by atoms with Crippen molar-refractivity contribution in [1.29, 1.82) is 0 Å². The number of morpholine rings is 1. The van der Waals surface area contributed by atoms with Crippen LogP contribution < -0.4 is 5.73 Å². The van der Waals surface area contributed by atoms with Crippen LogP contribution in [0.4, 0.5) is 4.39 Å². The van der Waals surface area contributed by atoms with Crippen LogP contribution in [0.3, 0.4) is 0 Å². The molecule has 0 bridgehead atoms. The van der Waals surface area contributed by atoms with E-state index in [1.807, 2.05) is 0 Å². The van der Waals surface area contributed by atoms with Gasteiger partial charge in [-0.15, -0.1) is 0 Å². The number of rotatable bonds is 3. The van der Waals surface area contributed by atoms with Crippen molar-refractivity contribution < 1.29 is 9.13 Å². The predicted octanol–water partition coefficient (Wildman–Crippen LogP) is 2.73. The topological polar surface area (TPSA) is 38.5 Å². The van der Waals surface area contributed by atoms with Gasteiger partial charge in [0.25, 0.3) is 0 Å². The number of nitrogens with zero attached hydrogens (tertiary/aromatic N) is 1. The SMILES string of the molecule is NCC(c1ccc(F)c(Cl)c1)N1CCOC2CCCC21. The first kappa shape index (κ1) is 14.3. The second-order valence-corrected chi connectivity index (χ2v) is 5.98. The first-order valence-electron chi connectivity index (χ1n) is 7.23. The summed E-state index contributed by atoms with van der Waals surface area (Å²) in [5.41, 5.74) is 6.98. The van der Waals surface area contributed by atoms with E-state index in [0.717, 1.165) is 31.6 Å². The second-order valence-electron chi connectivity index (χ2n) is 5.57. The molecule has 1 aliphatic carbocycles. The zero-order valence-corrected chi connectivity index (χ0v) is 12.2. The van der Waals surface area contributed by atoms with Crippen LogP contribution in [0, 0.1) is 5.82 Å². The normalized spacial score (nSPS) is 28.4. The van der Waals surface area contributed by atoms with Crippen molar-refractivity contribution in [2.24, 2.45) is 5.73 Å². The molecule has 3 rings (SSSR count). The van der Waals surface area contributed by atoms with Crippen molar-refractivity contribution in [3.63, 3.8) is 0 Å². The van der Waals surface area contributed by atoms with Gasteiger partial charge in [-0.25, -0.2) is 4.39 Å². The number of nitrogens with two attached hydrogens (primary N) is 1. The van der Waals surface area contributed by atoms with Crippen molar-refractivity contribution in [3.8, 4) is 0 Å². The van der Waals surface area contributed by atoms with E-state index in [-0.39, 0.29) is 16.9 Å². The van der Waals surface area contributed by atoms with Gasteiger partial charge in [0.1, 0.15) is 5.82 Å². The van der Waals surface area contributed by atoms with Crippen LogP contribution in [0.5, 0.6) is 0 Å². The fraction of sp³-hybridized carbons (Fsp3) is 0.600. The molecule has 1 aromatic rings. The number of ether oxygens (including phenoxy) is 1. The van der Waals surface area contributed by atoms with E-state index in [1.54, 1.807) is 12.1 Å². The van der Waals surface area contributed by atoms with Gasteiger partial charge in [-0.1, -0.05) is 17.7 Å². The van der Waals surface area contributed by atoms with Crippen LogP contribution in [0.1, 0.15) is 30.9 Å². The Kier molecular flexibility index (Phi) is 4.26. The molecule has 2 fully saturated rings. The lowest BCUT2D eigenvalue weighted by Gasteiger charge is -2.42. The lowest BCUT2D eigenvalue weighted by Crippen LogP contribution is -2.51. The zero-order chi connectivity index (χ0) is 14.1. The number of halogens is 2. The van der Waals surface area contributed by atoms with Gasteiger partial charge in [-0.2, -0.15) is 0 Å². The average molecular weight is 299 g/mol. The molecule has 0 aromatic heterocycles. The van der Waals surface area contributed by atoms with Crippen molar-refractivity contribution in [3.05, 3.63) is 34.6 Å². The van der Waals surface area contributed by atoms with Crippen molar-refractivity contribution >= 4 is 11.6 Å². The fourth-order valence-corrected chi connectivity index (χ4v) is 3.71. The molecule has 1 saturated carbocycles. The summed E-state index contributed by atoms with van der Waals surface area (Å²) in [6.07, 6.45) is 3.81. The Hall–Kier alpha value is -0.680. The second kappa shape index (κ2) is 5.98. The third-order valence-corrected chi connectivity index (χ3v) is 4.77. The maximum Gasteiger partial charge on any atom is 0.141 e. The van der Waals surface area contributed by atoms with E-state index in [4.69, 9.17) is 22.1 Å². The Balaban J connectivity index is 1.86. The van der Waals surface area contributed by atoms with E-state index in [9.17, 15) is 4.39 Å². The lowest BCUT2D eigenvalue weighted by atomic mass is 10.0. The monoisotopic (exact) mass is 298 g/mol. The highest BCUT2D eigenvalue weighted by Gasteiger charge is 2.39. The van der Waals surface area contributed by atoms with Gasteiger partial charge in [0.05, 0.1) is 17.7 Å². The molecule has 2 N–H and O–H groups in total. The number of hydrogen-bond acceptors (Lipinski definition) is 3. The minimum absolute atomic E-state index is 0.0857. The molecule has 3 atom stereocenters. The molecule has 0 spiro atoms. The molecule has 2 aliphatic rings. The van der Waals surface area contributed by atoms with E-state index < -0.39 is 0 Å².